The molecule has 1 aromatic carbocycles. The van der Waals surface area contributed by atoms with E-state index in [1.807, 2.05) is 12.1 Å². The maximum Gasteiger partial charge on any atom is 0.289 e. The summed E-state index contributed by atoms with van der Waals surface area (Å²) < 4.78 is 10.2. The molecular formula is C15H13ClN4O3. The number of benzene rings is 1. The molecule has 2 aromatic heterocycles. The van der Waals surface area contributed by atoms with Gasteiger partial charge >= 0.3 is 0 Å². The van der Waals surface area contributed by atoms with E-state index in [9.17, 15) is 4.79 Å². The molecule has 0 spiro atoms. The molecule has 118 valence electrons. The summed E-state index contributed by atoms with van der Waals surface area (Å²) >= 11 is 5.84. The van der Waals surface area contributed by atoms with E-state index in [1.165, 1.54) is 6.39 Å². The van der Waals surface area contributed by atoms with Gasteiger partial charge < -0.3 is 14.3 Å². The molecular weight excluding hydrogens is 320 g/mol. The summed E-state index contributed by atoms with van der Waals surface area (Å²) in [6.07, 6.45) is 1.65. The Hall–Kier alpha value is -2.67. The van der Waals surface area contributed by atoms with Crippen molar-refractivity contribution in [3.63, 3.8) is 0 Å². The van der Waals surface area contributed by atoms with Crippen LogP contribution in [0.3, 0.4) is 0 Å². The highest BCUT2D eigenvalue weighted by molar-refractivity contribution is 6.30. The van der Waals surface area contributed by atoms with E-state index in [1.54, 1.807) is 19.1 Å². The molecule has 1 N–H and O–H groups in total. The van der Waals surface area contributed by atoms with Crippen LogP contribution in [0.25, 0.3) is 11.4 Å². The molecule has 0 radical (unpaired) electrons. The van der Waals surface area contributed by atoms with Crippen molar-refractivity contribution in [1.82, 2.24) is 20.4 Å². The van der Waals surface area contributed by atoms with Crippen molar-refractivity contribution >= 4 is 17.5 Å². The van der Waals surface area contributed by atoms with Crippen LogP contribution < -0.4 is 5.32 Å². The van der Waals surface area contributed by atoms with Crippen LogP contribution in [-0.4, -0.2) is 27.6 Å². The van der Waals surface area contributed by atoms with Gasteiger partial charge in [0.2, 0.25) is 17.5 Å². The number of amides is 1. The molecule has 3 rings (SSSR count). The van der Waals surface area contributed by atoms with Crippen LogP contribution in [0.1, 0.15) is 22.1 Å². The fourth-order valence-electron chi connectivity index (χ4n) is 1.96. The average Bonchev–Trinajstić information content (AvgIpc) is 3.17. The minimum atomic E-state index is -0.322. The Kier molecular flexibility index (Phi) is 4.38. The molecule has 7 nitrogen and oxygen atoms in total. The Balaban J connectivity index is 1.56. The third-order valence-electron chi connectivity index (χ3n) is 3.15. The zero-order chi connectivity index (χ0) is 16.2. The normalized spacial score (nSPS) is 10.7. The lowest BCUT2D eigenvalue weighted by Crippen LogP contribution is -2.26. The molecule has 0 aliphatic heterocycles. The maximum atomic E-state index is 11.9. The molecule has 0 aliphatic rings. The van der Waals surface area contributed by atoms with Crippen LogP contribution in [0.4, 0.5) is 0 Å². The van der Waals surface area contributed by atoms with Gasteiger partial charge in [-0.05, 0) is 31.2 Å². The first-order chi connectivity index (χ1) is 11.1. The Labute approximate surface area is 136 Å². The van der Waals surface area contributed by atoms with Crippen LogP contribution in [0, 0.1) is 6.92 Å². The van der Waals surface area contributed by atoms with Gasteiger partial charge in [0.05, 0.1) is 5.69 Å². The third-order valence-corrected chi connectivity index (χ3v) is 3.40. The summed E-state index contributed by atoms with van der Waals surface area (Å²) in [6.45, 7) is 2.05. The van der Waals surface area contributed by atoms with E-state index in [0.29, 0.717) is 35.4 Å². The van der Waals surface area contributed by atoms with E-state index in [0.717, 1.165) is 5.56 Å². The number of hydrogen-bond acceptors (Lipinski definition) is 6. The number of oxazole rings is 1. The van der Waals surface area contributed by atoms with Gasteiger partial charge in [-0.15, -0.1) is 0 Å². The summed E-state index contributed by atoms with van der Waals surface area (Å²) in [5.41, 5.74) is 1.36. The van der Waals surface area contributed by atoms with Crippen molar-refractivity contribution in [3.8, 4) is 11.4 Å². The topological polar surface area (TPSA) is 94.1 Å². The van der Waals surface area contributed by atoms with Crippen molar-refractivity contribution in [2.75, 3.05) is 6.54 Å². The van der Waals surface area contributed by atoms with Crippen molar-refractivity contribution in [2.24, 2.45) is 0 Å². The Morgan fingerprint density at radius 1 is 1.30 bits per heavy atom. The van der Waals surface area contributed by atoms with Crippen LogP contribution in [0.5, 0.6) is 0 Å². The predicted molar refractivity (Wildman–Crippen MR) is 82.0 cm³/mol. The van der Waals surface area contributed by atoms with Gasteiger partial charge in [0.15, 0.2) is 6.39 Å². The fraction of sp³-hybridized carbons (Fsp3) is 0.200. The molecule has 1 amide bonds. The first kappa shape index (κ1) is 15.2. The van der Waals surface area contributed by atoms with Gasteiger partial charge in [0, 0.05) is 23.6 Å². The third kappa shape index (κ3) is 3.57. The zero-order valence-corrected chi connectivity index (χ0v) is 13.0. The molecule has 3 aromatic rings. The molecule has 0 aliphatic carbocycles. The first-order valence-electron chi connectivity index (χ1n) is 6.90. The second-order valence-electron chi connectivity index (χ2n) is 4.79. The van der Waals surface area contributed by atoms with Crippen molar-refractivity contribution in [1.29, 1.82) is 0 Å². The number of nitrogens with one attached hydrogen (secondary N) is 1. The Morgan fingerprint density at radius 2 is 2.09 bits per heavy atom. The quantitative estimate of drug-likeness (QED) is 0.772. The number of nitrogens with zero attached hydrogens (tertiary/aromatic N) is 3. The largest absolute Gasteiger partial charge is 0.438 e. The summed E-state index contributed by atoms with van der Waals surface area (Å²) in [7, 11) is 0. The Morgan fingerprint density at radius 3 is 2.78 bits per heavy atom. The number of carbonyl (C=O) groups excluding carboxylic acids is 1. The predicted octanol–water partition coefficient (Wildman–Crippen LogP) is 2.66. The average molecular weight is 333 g/mol. The molecule has 0 atom stereocenters. The molecule has 23 heavy (non-hydrogen) atoms. The molecule has 2 heterocycles. The molecule has 0 saturated heterocycles. The monoisotopic (exact) mass is 332 g/mol. The number of rotatable bonds is 5. The standard InChI is InChI=1S/C15H13ClN4O3/c1-9-13(22-8-18-9)15(21)17-7-6-12-19-14(20-23-12)10-2-4-11(16)5-3-10/h2-5,8H,6-7H2,1H3,(H,17,21). The van der Waals surface area contributed by atoms with Crippen LogP contribution in [0.2, 0.25) is 5.02 Å². The molecule has 0 fully saturated rings. The number of aromatic nitrogens is 3. The lowest BCUT2D eigenvalue weighted by Gasteiger charge is -2.00. The van der Waals surface area contributed by atoms with E-state index in [2.05, 4.69) is 20.4 Å². The van der Waals surface area contributed by atoms with Crippen molar-refractivity contribution in [3.05, 3.63) is 53.0 Å². The summed E-state index contributed by atoms with van der Waals surface area (Å²) in [5.74, 6) is 0.799. The smallest absolute Gasteiger partial charge is 0.289 e. The zero-order valence-electron chi connectivity index (χ0n) is 12.2. The minimum Gasteiger partial charge on any atom is -0.438 e. The van der Waals surface area contributed by atoms with E-state index in [4.69, 9.17) is 20.5 Å². The maximum absolute atomic E-state index is 11.9. The molecule has 0 unspecified atom stereocenters. The van der Waals surface area contributed by atoms with Gasteiger partial charge in [-0.1, -0.05) is 16.8 Å². The molecule has 8 heteroatoms. The summed E-state index contributed by atoms with van der Waals surface area (Å²) in [6, 6.07) is 7.14. The Bertz CT molecular complexity index is 810. The van der Waals surface area contributed by atoms with Gasteiger partial charge in [-0.2, -0.15) is 4.98 Å². The second kappa shape index (κ2) is 6.62. The SMILES string of the molecule is Cc1ncoc1C(=O)NCCc1nc(-c2ccc(Cl)cc2)no1. The molecule has 0 bridgehead atoms. The van der Waals surface area contributed by atoms with Crippen LogP contribution in [-0.2, 0) is 6.42 Å². The number of hydrogen-bond donors (Lipinski definition) is 1. The van der Waals surface area contributed by atoms with Gasteiger partial charge in [-0.25, -0.2) is 4.98 Å². The van der Waals surface area contributed by atoms with Crippen LogP contribution in [0.15, 0.2) is 39.6 Å². The highest BCUT2D eigenvalue weighted by atomic mass is 35.5. The number of halogens is 1. The first-order valence-corrected chi connectivity index (χ1v) is 7.28. The lowest BCUT2D eigenvalue weighted by atomic mass is 10.2. The van der Waals surface area contributed by atoms with E-state index in [-0.39, 0.29) is 11.7 Å². The van der Waals surface area contributed by atoms with Crippen LogP contribution >= 0.6 is 11.6 Å². The van der Waals surface area contributed by atoms with E-state index >= 15 is 0 Å². The van der Waals surface area contributed by atoms with Crippen molar-refractivity contribution in [2.45, 2.75) is 13.3 Å². The highest BCUT2D eigenvalue weighted by Crippen LogP contribution is 2.18. The summed E-state index contributed by atoms with van der Waals surface area (Å²) in [4.78, 5) is 20.0. The van der Waals surface area contributed by atoms with E-state index < -0.39 is 0 Å². The van der Waals surface area contributed by atoms with Crippen molar-refractivity contribution < 1.29 is 13.7 Å². The van der Waals surface area contributed by atoms with Gasteiger partial charge in [0.25, 0.3) is 5.91 Å². The number of aryl methyl sites for hydroxylation is 1. The second-order valence-corrected chi connectivity index (χ2v) is 5.23. The lowest BCUT2D eigenvalue weighted by molar-refractivity contribution is 0.0925. The number of carbonyl (C=O) groups is 1. The van der Waals surface area contributed by atoms with Gasteiger partial charge in [0.1, 0.15) is 0 Å². The fourth-order valence-corrected chi connectivity index (χ4v) is 2.08. The van der Waals surface area contributed by atoms with Gasteiger partial charge in [-0.3, -0.25) is 4.79 Å². The minimum absolute atomic E-state index is 0.206. The molecule has 0 saturated carbocycles. The summed E-state index contributed by atoms with van der Waals surface area (Å²) in [5, 5.41) is 7.26. The highest BCUT2D eigenvalue weighted by Gasteiger charge is 2.14.